The zero-order chi connectivity index (χ0) is 21.6. The third-order valence-electron chi connectivity index (χ3n) is 5.34. The molecule has 2 aromatic carbocycles. The van der Waals surface area contributed by atoms with Crippen LogP contribution in [0.15, 0.2) is 60.7 Å². The lowest BCUT2D eigenvalue weighted by molar-refractivity contribution is -0.130. The van der Waals surface area contributed by atoms with Crippen molar-refractivity contribution in [2.24, 2.45) is 0 Å². The normalized spacial score (nSPS) is 13.9. The Kier molecular flexibility index (Phi) is 6.40. The lowest BCUT2D eigenvalue weighted by Gasteiger charge is -2.35. The average Bonchev–Trinajstić information content (AvgIpc) is 2.81. The van der Waals surface area contributed by atoms with Gasteiger partial charge in [0.05, 0.1) is 18.7 Å². The molecule has 7 heteroatoms. The topological polar surface area (TPSA) is 58.6 Å². The zero-order valence-corrected chi connectivity index (χ0v) is 17.5. The summed E-state index contributed by atoms with van der Waals surface area (Å²) in [4.78, 5) is 16.7. The van der Waals surface area contributed by atoms with Gasteiger partial charge in [0.2, 0.25) is 5.91 Å². The summed E-state index contributed by atoms with van der Waals surface area (Å²) < 4.78 is 18.5. The number of rotatable bonds is 6. The molecule has 0 unspecified atom stereocenters. The molecule has 4 rings (SSSR count). The maximum Gasteiger partial charge on any atom is 0.227 e. The lowest BCUT2D eigenvalue weighted by atomic mass is 10.1. The smallest absolute Gasteiger partial charge is 0.227 e. The first kappa shape index (κ1) is 20.8. The van der Waals surface area contributed by atoms with Crippen molar-refractivity contribution >= 4 is 11.7 Å². The van der Waals surface area contributed by atoms with Crippen molar-refractivity contribution in [3.8, 4) is 17.0 Å². The number of amides is 1. The summed E-state index contributed by atoms with van der Waals surface area (Å²) in [6.45, 7) is 5.29. The number of carbonyl (C=O) groups is 1. The van der Waals surface area contributed by atoms with Crippen LogP contribution in [0.5, 0.6) is 5.75 Å². The van der Waals surface area contributed by atoms with Crippen LogP contribution in [0.25, 0.3) is 11.3 Å². The first-order valence-electron chi connectivity index (χ1n) is 10.5. The number of hydrogen-bond donors (Lipinski definition) is 0. The number of ether oxygens (including phenoxy) is 1. The molecule has 0 spiro atoms. The van der Waals surface area contributed by atoms with Crippen LogP contribution in [-0.4, -0.2) is 53.8 Å². The van der Waals surface area contributed by atoms with Crippen molar-refractivity contribution in [1.82, 2.24) is 15.1 Å². The summed E-state index contributed by atoms with van der Waals surface area (Å²) >= 11 is 0. The fourth-order valence-electron chi connectivity index (χ4n) is 3.61. The number of piperazine rings is 1. The second kappa shape index (κ2) is 9.55. The van der Waals surface area contributed by atoms with E-state index in [2.05, 4.69) is 15.1 Å². The van der Waals surface area contributed by atoms with Crippen molar-refractivity contribution < 1.29 is 13.9 Å². The Morgan fingerprint density at radius 2 is 1.65 bits per heavy atom. The van der Waals surface area contributed by atoms with E-state index in [1.807, 2.05) is 48.2 Å². The molecule has 1 fully saturated rings. The van der Waals surface area contributed by atoms with Crippen LogP contribution < -0.4 is 9.64 Å². The summed E-state index contributed by atoms with van der Waals surface area (Å²) in [7, 11) is 0. The van der Waals surface area contributed by atoms with Gasteiger partial charge in [0, 0.05) is 31.7 Å². The average molecular weight is 420 g/mol. The van der Waals surface area contributed by atoms with Crippen molar-refractivity contribution in [2.75, 3.05) is 37.7 Å². The Hall–Kier alpha value is -3.48. The Labute approximate surface area is 181 Å². The van der Waals surface area contributed by atoms with E-state index in [1.54, 1.807) is 12.1 Å². The quantitative estimate of drug-likeness (QED) is 0.610. The van der Waals surface area contributed by atoms with Crippen molar-refractivity contribution in [3.05, 3.63) is 72.0 Å². The first-order chi connectivity index (χ1) is 15.1. The van der Waals surface area contributed by atoms with E-state index in [0.717, 1.165) is 22.7 Å². The number of benzene rings is 2. The number of halogens is 1. The number of nitrogens with zero attached hydrogens (tertiary/aromatic N) is 4. The second-order valence-corrected chi connectivity index (χ2v) is 7.41. The molecule has 1 amide bonds. The molecule has 0 radical (unpaired) electrons. The van der Waals surface area contributed by atoms with E-state index in [9.17, 15) is 9.18 Å². The highest BCUT2D eigenvalue weighted by molar-refractivity contribution is 5.79. The number of anilines is 1. The van der Waals surface area contributed by atoms with Crippen LogP contribution in [0.3, 0.4) is 0 Å². The molecule has 1 aromatic heterocycles. The van der Waals surface area contributed by atoms with Gasteiger partial charge in [-0.25, -0.2) is 4.39 Å². The minimum absolute atomic E-state index is 0.126. The maximum atomic E-state index is 13.1. The van der Waals surface area contributed by atoms with Gasteiger partial charge >= 0.3 is 0 Å². The van der Waals surface area contributed by atoms with E-state index in [0.29, 0.717) is 44.9 Å². The summed E-state index contributed by atoms with van der Waals surface area (Å²) in [5.41, 5.74) is 2.51. The maximum absolute atomic E-state index is 13.1. The highest BCUT2D eigenvalue weighted by Gasteiger charge is 2.22. The standard InChI is InChI=1S/C24H25FN4O2/c1-2-31-21-9-3-18(4-10-21)17-24(30)29-15-13-28(14-16-29)23-12-11-22(26-27-23)19-5-7-20(25)8-6-19/h3-12H,2,13-17H2,1H3. The lowest BCUT2D eigenvalue weighted by Crippen LogP contribution is -2.49. The molecule has 160 valence electrons. The largest absolute Gasteiger partial charge is 0.494 e. The molecule has 1 saturated heterocycles. The minimum Gasteiger partial charge on any atom is -0.494 e. The Morgan fingerprint density at radius 1 is 0.935 bits per heavy atom. The summed E-state index contributed by atoms with van der Waals surface area (Å²) in [6.07, 6.45) is 0.387. The van der Waals surface area contributed by atoms with E-state index in [1.165, 1.54) is 12.1 Å². The van der Waals surface area contributed by atoms with Crippen LogP contribution in [0, 0.1) is 5.82 Å². The third-order valence-corrected chi connectivity index (χ3v) is 5.34. The van der Waals surface area contributed by atoms with Crippen LogP contribution in [0.2, 0.25) is 0 Å². The van der Waals surface area contributed by atoms with Crippen molar-refractivity contribution in [1.29, 1.82) is 0 Å². The Morgan fingerprint density at radius 3 is 2.26 bits per heavy atom. The first-order valence-corrected chi connectivity index (χ1v) is 10.5. The van der Waals surface area contributed by atoms with Gasteiger partial charge in [-0.2, -0.15) is 0 Å². The fraction of sp³-hybridized carbons (Fsp3) is 0.292. The number of carbonyl (C=O) groups excluding carboxylic acids is 1. The van der Waals surface area contributed by atoms with E-state index < -0.39 is 0 Å². The highest BCUT2D eigenvalue weighted by atomic mass is 19.1. The third kappa shape index (κ3) is 5.17. The van der Waals surface area contributed by atoms with Crippen LogP contribution in [-0.2, 0) is 11.2 Å². The summed E-state index contributed by atoms with van der Waals surface area (Å²) in [5, 5.41) is 8.61. The molecule has 2 heterocycles. The van der Waals surface area contributed by atoms with Gasteiger partial charge in [-0.1, -0.05) is 12.1 Å². The molecule has 1 aliphatic heterocycles. The van der Waals surface area contributed by atoms with Crippen molar-refractivity contribution in [2.45, 2.75) is 13.3 Å². The van der Waals surface area contributed by atoms with Gasteiger partial charge in [0.25, 0.3) is 0 Å². The monoisotopic (exact) mass is 420 g/mol. The molecule has 0 bridgehead atoms. The van der Waals surface area contributed by atoms with Gasteiger partial charge in [-0.05, 0) is 61.0 Å². The van der Waals surface area contributed by atoms with Crippen LogP contribution in [0.4, 0.5) is 10.2 Å². The molecule has 6 nitrogen and oxygen atoms in total. The predicted octanol–water partition coefficient (Wildman–Crippen LogP) is 3.57. The molecular weight excluding hydrogens is 395 g/mol. The Bertz CT molecular complexity index is 999. The van der Waals surface area contributed by atoms with Gasteiger partial charge in [0.15, 0.2) is 5.82 Å². The second-order valence-electron chi connectivity index (χ2n) is 7.41. The predicted molar refractivity (Wildman–Crippen MR) is 118 cm³/mol. The van der Waals surface area contributed by atoms with Crippen molar-refractivity contribution in [3.63, 3.8) is 0 Å². The SMILES string of the molecule is CCOc1ccc(CC(=O)N2CCN(c3ccc(-c4ccc(F)cc4)nn3)CC2)cc1. The van der Waals surface area contributed by atoms with Gasteiger partial charge in [0.1, 0.15) is 11.6 Å². The number of hydrogen-bond acceptors (Lipinski definition) is 5. The minimum atomic E-state index is -0.275. The van der Waals surface area contributed by atoms with Gasteiger partial charge in [-0.3, -0.25) is 4.79 Å². The van der Waals surface area contributed by atoms with E-state index in [4.69, 9.17) is 4.74 Å². The van der Waals surface area contributed by atoms with Crippen LogP contribution in [0.1, 0.15) is 12.5 Å². The molecule has 0 aliphatic carbocycles. The molecule has 3 aromatic rings. The zero-order valence-electron chi connectivity index (χ0n) is 17.5. The highest BCUT2D eigenvalue weighted by Crippen LogP contribution is 2.20. The van der Waals surface area contributed by atoms with E-state index >= 15 is 0 Å². The Balaban J connectivity index is 1.30. The summed E-state index contributed by atoms with van der Waals surface area (Å²) in [6, 6.07) is 17.7. The molecule has 0 atom stereocenters. The molecule has 0 saturated carbocycles. The van der Waals surface area contributed by atoms with Gasteiger partial charge < -0.3 is 14.5 Å². The fourth-order valence-corrected chi connectivity index (χ4v) is 3.61. The van der Waals surface area contributed by atoms with Gasteiger partial charge in [-0.15, -0.1) is 10.2 Å². The van der Waals surface area contributed by atoms with Crippen LogP contribution >= 0.6 is 0 Å². The molecule has 31 heavy (non-hydrogen) atoms. The number of aromatic nitrogens is 2. The molecule has 0 N–H and O–H groups in total. The van der Waals surface area contributed by atoms with E-state index in [-0.39, 0.29) is 11.7 Å². The summed E-state index contributed by atoms with van der Waals surface area (Å²) in [5.74, 6) is 1.45. The molecular formula is C24H25FN4O2. The molecule has 1 aliphatic rings.